The molecule has 132 valence electrons. The molecule has 5 N–H and O–H groups in total. The molecule has 1 rings (SSSR count). The highest BCUT2D eigenvalue weighted by Gasteiger charge is 2.45. The molecule has 0 saturated carbocycles. The van der Waals surface area contributed by atoms with E-state index in [1.807, 2.05) is 0 Å². The van der Waals surface area contributed by atoms with Crippen molar-refractivity contribution in [1.82, 2.24) is 10.6 Å². The van der Waals surface area contributed by atoms with Gasteiger partial charge in [-0.15, -0.1) is 0 Å². The van der Waals surface area contributed by atoms with Gasteiger partial charge in [-0.05, 0) is 11.1 Å². The number of aliphatic hydroxyl groups excluding tert-OH is 3. The molecule has 2 unspecified atom stereocenters. The van der Waals surface area contributed by atoms with Crippen molar-refractivity contribution in [3.05, 3.63) is 20.9 Å². The van der Waals surface area contributed by atoms with Crippen LogP contribution in [0.5, 0.6) is 0 Å². The molecule has 14 heteroatoms. The minimum Gasteiger partial charge on any atom is -0.394 e. The van der Waals surface area contributed by atoms with E-state index in [4.69, 9.17) is 15.8 Å². The summed E-state index contributed by atoms with van der Waals surface area (Å²) in [5.41, 5.74) is 16.3. The molecule has 14 nitrogen and oxygen atoms in total. The van der Waals surface area contributed by atoms with Gasteiger partial charge in [-0.3, -0.25) is 9.59 Å². The number of rotatable bonds is 7. The fraction of sp³-hybridized carbons (Fsp3) is 0.800. The average Bonchev–Trinajstić information content (AvgIpc) is 2.57. The Bertz CT molecular complexity index is 560. The van der Waals surface area contributed by atoms with E-state index >= 15 is 0 Å². The molecule has 1 aliphatic rings. The minimum absolute atomic E-state index is 0.547. The predicted octanol–water partition coefficient (Wildman–Crippen LogP) is -2.35. The molecule has 1 fully saturated rings. The number of carbonyl (C=O) groups is 2. The Hall–Kier alpha value is -2.60. The first-order valence-corrected chi connectivity index (χ1v) is 6.67. The third-order valence-corrected chi connectivity index (χ3v) is 3.15. The summed E-state index contributed by atoms with van der Waals surface area (Å²) in [6, 6.07) is -2.54. The van der Waals surface area contributed by atoms with Gasteiger partial charge in [0.15, 0.2) is 6.29 Å². The molecule has 0 spiro atoms. The van der Waals surface area contributed by atoms with Gasteiger partial charge in [0.1, 0.15) is 31.3 Å². The number of hydrogen-bond acceptors (Lipinski definition) is 8. The number of ether oxygens (including phenoxy) is 1. The molecule has 0 aromatic carbocycles. The summed E-state index contributed by atoms with van der Waals surface area (Å²) in [4.78, 5) is 27.9. The third kappa shape index (κ3) is 5.24. The second kappa shape index (κ2) is 9.52. The molecule has 2 amide bonds. The lowest BCUT2D eigenvalue weighted by Gasteiger charge is -2.42. The van der Waals surface area contributed by atoms with Crippen LogP contribution in [0.15, 0.2) is 10.2 Å². The molecule has 1 heterocycles. The molecule has 0 aromatic heterocycles. The monoisotopic (exact) mass is 344 g/mol. The zero-order valence-electron chi connectivity index (χ0n) is 12.3. The van der Waals surface area contributed by atoms with Crippen LogP contribution in [-0.2, 0) is 14.3 Å². The van der Waals surface area contributed by atoms with E-state index in [9.17, 15) is 24.9 Å². The van der Waals surface area contributed by atoms with Crippen molar-refractivity contribution in [3.63, 3.8) is 0 Å². The fourth-order valence-electron chi connectivity index (χ4n) is 2.11. The predicted molar refractivity (Wildman–Crippen MR) is 75.9 cm³/mol. The van der Waals surface area contributed by atoms with Gasteiger partial charge in [-0.1, -0.05) is 10.2 Å². The van der Waals surface area contributed by atoms with Crippen molar-refractivity contribution in [1.29, 1.82) is 0 Å². The Kier molecular flexibility index (Phi) is 7.71. The number of hydrogen-bond donors (Lipinski definition) is 5. The Morgan fingerprint density at radius 2 is 1.54 bits per heavy atom. The number of amides is 2. The summed E-state index contributed by atoms with van der Waals surface area (Å²) in [6.45, 7) is -1.75. The summed E-state index contributed by atoms with van der Waals surface area (Å²) in [5.74, 6) is -1.55. The summed E-state index contributed by atoms with van der Waals surface area (Å²) in [6.07, 6.45) is -4.36. The third-order valence-electron chi connectivity index (χ3n) is 3.15. The molecular weight excluding hydrogens is 328 g/mol. The summed E-state index contributed by atoms with van der Waals surface area (Å²) in [5, 5.41) is 39.9. The highest BCUT2D eigenvalue weighted by Crippen LogP contribution is 2.20. The largest absolute Gasteiger partial charge is 0.394 e. The van der Waals surface area contributed by atoms with Gasteiger partial charge in [0.05, 0.1) is 12.6 Å². The maximum Gasteiger partial charge on any atom is 0.226 e. The van der Waals surface area contributed by atoms with Crippen LogP contribution in [0, 0.1) is 0 Å². The van der Waals surface area contributed by atoms with Crippen LogP contribution in [-0.4, -0.2) is 77.4 Å². The number of azide groups is 2. The quantitative estimate of drug-likeness (QED) is 0.193. The van der Waals surface area contributed by atoms with Crippen LogP contribution >= 0.6 is 0 Å². The van der Waals surface area contributed by atoms with Crippen LogP contribution < -0.4 is 10.6 Å². The van der Waals surface area contributed by atoms with E-state index in [0.29, 0.717) is 0 Å². The van der Waals surface area contributed by atoms with Crippen LogP contribution in [0.1, 0.15) is 0 Å². The minimum atomic E-state index is -1.67. The van der Waals surface area contributed by atoms with Gasteiger partial charge in [0.25, 0.3) is 0 Å². The van der Waals surface area contributed by atoms with Gasteiger partial charge < -0.3 is 30.7 Å². The Morgan fingerprint density at radius 3 is 2.00 bits per heavy atom. The van der Waals surface area contributed by atoms with Crippen molar-refractivity contribution < 1.29 is 29.6 Å². The van der Waals surface area contributed by atoms with Crippen LogP contribution in [0.2, 0.25) is 0 Å². The van der Waals surface area contributed by atoms with Crippen molar-refractivity contribution in [3.8, 4) is 0 Å². The smallest absolute Gasteiger partial charge is 0.226 e. The number of nitrogens with one attached hydrogen (secondary N) is 2. The maximum atomic E-state index is 11.6. The molecule has 0 aliphatic carbocycles. The molecule has 0 aromatic rings. The molecular formula is C10H16N8O6. The lowest BCUT2D eigenvalue weighted by atomic mass is 9.94. The summed E-state index contributed by atoms with van der Waals surface area (Å²) < 4.78 is 5.05. The molecule has 0 radical (unpaired) electrons. The van der Waals surface area contributed by atoms with Crippen LogP contribution in [0.3, 0.4) is 0 Å². The maximum absolute atomic E-state index is 11.6. The van der Waals surface area contributed by atoms with Gasteiger partial charge in [-0.2, -0.15) is 0 Å². The van der Waals surface area contributed by atoms with Crippen LogP contribution in [0.25, 0.3) is 20.9 Å². The Labute approximate surface area is 134 Å². The standard InChI is InChI=1S/C10H16N8O6/c11-17-13-1-5(20)15-7-4(3-19)24-10(23)8(9(7)22)16-6(21)2-14-18-12/h4,7-10,19,22-23H,1-3H2,(H,15,20)(H,16,21)/t4?,7-,8+,9-,10?/m0/s1. The van der Waals surface area contributed by atoms with Crippen molar-refractivity contribution >= 4 is 11.8 Å². The van der Waals surface area contributed by atoms with E-state index in [0.717, 1.165) is 0 Å². The molecule has 5 atom stereocenters. The summed E-state index contributed by atoms with van der Waals surface area (Å²) >= 11 is 0. The molecule has 24 heavy (non-hydrogen) atoms. The first kappa shape index (κ1) is 19.4. The second-order valence-electron chi connectivity index (χ2n) is 4.70. The number of carbonyl (C=O) groups excluding carboxylic acids is 2. The van der Waals surface area contributed by atoms with Crippen molar-refractivity contribution in [2.75, 3.05) is 19.7 Å². The highest BCUT2D eigenvalue weighted by atomic mass is 16.6. The zero-order chi connectivity index (χ0) is 18.1. The first-order valence-electron chi connectivity index (χ1n) is 6.67. The molecule has 1 aliphatic heterocycles. The van der Waals surface area contributed by atoms with Gasteiger partial charge in [0.2, 0.25) is 11.8 Å². The highest BCUT2D eigenvalue weighted by molar-refractivity contribution is 5.79. The lowest BCUT2D eigenvalue weighted by Crippen LogP contribution is -2.68. The Balaban J connectivity index is 2.83. The number of aliphatic hydroxyl groups is 3. The summed E-state index contributed by atoms with van der Waals surface area (Å²) in [7, 11) is 0. The van der Waals surface area contributed by atoms with Crippen LogP contribution in [0.4, 0.5) is 0 Å². The number of nitrogens with zero attached hydrogens (tertiary/aromatic N) is 6. The van der Waals surface area contributed by atoms with Gasteiger partial charge >= 0.3 is 0 Å². The second-order valence-corrected chi connectivity index (χ2v) is 4.70. The van der Waals surface area contributed by atoms with E-state index < -0.39 is 62.1 Å². The van der Waals surface area contributed by atoms with E-state index in [2.05, 4.69) is 30.7 Å². The van der Waals surface area contributed by atoms with E-state index in [1.54, 1.807) is 0 Å². The zero-order valence-corrected chi connectivity index (χ0v) is 12.3. The normalized spacial score (nSPS) is 28.9. The van der Waals surface area contributed by atoms with E-state index in [1.165, 1.54) is 0 Å². The SMILES string of the molecule is [N-]=[N+]=NCC(=O)N[C@H]1C(O)OC(CO)[C@H](NC(=O)CN=[N+]=[N-])[C@@H]1O. The average molecular weight is 344 g/mol. The van der Waals surface area contributed by atoms with Crippen molar-refractivity contribution in [2.45, 2.75) is 30.6 Å². The van der Waals surface area contributed by atoms with Crippen molar-refractivity contribution in [2.24, 2.45) is 10.2 Å². The fourth-order valence-corrected chi connectivity index (χ4v) is 2.11. The molecule has 0 bridgehead atoms. The molecule has 1 saturated heterocycles. The van der Waals surface area contributed by atoms with Gasteiger partial charge in [-0.25, -0.2) is 0 Å². The topological polar surface area (TPSA) is 226 Å². The lowest BCUT2D eigenvalue weighted by molar-refractivity contribution is -0.226. The first-order chi connectivity index (χ1) is 11.4. The van der Waals surface area contributed by atoms with Gasteiger partial charge in [0, 0.05) is 9.82 Å². The Morgan fingerprint density at radius 1 is 1.04 bits per heavy atom. The van der Waals surface area contributed by atoms with E-state index in [-0.39, 0.29) is 0 Å².